The molecular formula is C19H15BrClNO2. The molecule has 2 aromatic rings. The third-order valence-corrected chi connectivity index (χ3v) is 5.88. The minimum Gasteiger partial charge on any atom is -0.478 e. The summed E-state index contributed by atoms with van der Waals surface area (Å²) in [6, 6.07) is 11.4. The molecule has 0 saturated heterocycles. The standard InChI is InChI=1S/C19H15BrClNO2/c20-15-9-10(19(23)24)8-14-11-5-3-6-12(11)17(22-18(14)15)13-4-1-2-7-16(13)21/h1-5,7-9,11-12,17,22H,6H2,(H,23,24)/t11-,12+,17-/m1/s1. The summed E-state index contributed by atoms with van der Waals surface area (Å²) in [5.41, 5.74) is 3.37. The second-order valence-electron chi connectivity index (χ2n) is 6.22. The molecule has 2 N–H and O–H groups in total. The maximum Gasteiger partial charge on any atom is 0.335 e. The van der Waals surface area contributed by atoms with E-state index in [0.717, 1.165) is 32.7 Å². The average Bonchev–Trinajstić information content (AvgIpc) is 3.05. The van der Waals surface area contributed by atoms with Gasteiger partial charge in [0.2, 0.25) is 0 Å². The van der Waals surface area contributed by atoms with Crippen molar-refractivity contribution >= 4 is 39.2 Å². The van der Waals surface area contributed by atoms with E-state index in [4.69, 9.17) is 11.6 Å². The van der Waals surface area contributed by atoms with Gasteiger partial charge in [0.25, 0.3) is 0 Å². The maximum atomic E-state index is 11.4. The Morgan fingerprint density at radius 3 is 2.79 bits per heavy atom. The second-order valence-corrected chi connectivity index (χ2v) is 7.49. The van der Waals surface area contributed by atoms with Crippen LogP contribution in [0.25, 0.3) is 0 Å². The van der Waals surface area contributed by atoms with Gasteiger partial charge in [-0.3, -0.25) is 0 Å². The van der Waals surface area contributed by atoms with Crippen molar-refractivity contribution in [3.8, 4) is 0 Å². The molecule has 1 heterocycles. The minimum atomic E-state index is -0.912. The third-order valence-electron chi connectivity index (χ3n) is 4.91. The van der Waals surface area contributed by atoms with Crippen LogP contribution in [0.1, 0.15) is 39.9 Å². The van der Waals surface area contributed by atoms with E-state index in [2.05, 4.69) is 39.5 Å². The fourth-order valence-corrected chi connectivity index (χ4v) is 4.66. The summed E-state index contributed by atoms with van der Waals surface area (Å²) in [5, 5.41) is 13.7. The van der Waals surface area contributed by atoms with E-state index in [9.17, 15) is 9.90 Å². The molecule has 1 aliphatic heterocycles. The number of halogens is 2. The molecule has 24 heavy (non-hydrogen) atoms. The Bertz CT molecular complexity index is 864. The molecule has 0 unspecified atom stereocenters. The number of carbonyl (C=O) groups is 1. The Kier molecular flexibility index (Phi) is 3.89. The number of fused-ring (bicyclic) bond motifs is 3. The van der Waals surface area contributed by atoms with Gasteiger partial charge in [-0.15, -0.1) is 0 Å². The highest BCUT2D eigenvalue weighted by Gasteiger charge is 2.39. The first kappa shape index (κ1) is 15.7. The van der Waals surface area contributed by atoms with Gasteiger partial charge in [-0.25, -0.2) is 4.79 Å². The van der Waals surface area contributed by atoms with E-state index in [1.807, 2.05) is 18.2 Å². The number of aromatic carboxylic acids is 1. The van der Waals surface area contributed by atoms with Gasteiger partial charge in [0.1, 0.15) is 0 Å². The summed E-state index contributed by atoms with van der Waals surface area (Å²) in [5.74, 6) is -0.392. The number of anilines is 1. The number of hydrogen-bond acceptors (Lipinski definition) is 2. The average molecular weight is 405 g/mol. The molecule has 0 bridgehead atoms. The van der Waals surface area contributed by atoms with Crippen molar-refractivity contribution in [1.82, 2.24) is 0 Å². The number of rotatable bonds is 2. The number of allylic oxidation sites excluding steroid dienone is 2. The third kappa shape index (κ3) is 2.45. The predicted molar refractivity (Wildman–Crippen MR) is 98.9 cm³/mol. The van der Waals surface area contributed by atoms with Gasteiger partial charge < -0.3 is 10.4 Å². The lowest BCUT2D eigenvalue weighted by atomic mass is 9.76. The molecule has 3 atom stereocenters. The van der Waals surface area contributed by atoms with E-state index < -0.39 is 5.97 Å². The topological polar surface area (TPSA) is 49.3 Å². The highest BCUT2D eigenvalue weighted by molar-refractivity contribution is 9.10. The van der Waals surface area contributed by atoms with Crippen LogP contribution in [0.4, 0.5) is 5.69 Å². The summed E-state index contributed by atoms with van der Waals surface area (Å²) in [7, 11) is 0. The first-order valence-corrected chi connectivity index (χ1v) is 8.97. The van der Waals surface area contributed by atoms with Crippen molar-refractivity contribution in [1.29, 1.82) is 0 Å². The van der Waals surface area contributed by atoms with Crippen LogP contribution in [0.15, 0.2) is 53.0 Å². The minimum absolute atomic E-state index is 0.0955. The molecular weight excluding hydrogens is 390 g/mol. The van der Waals surface area contributed by atoms with Crippen LogP contribution >= 0.6 is 27.5 Å². The normalized spacial score (nSPS) is 24.2. The van der Waals surface area contributed by atoms with Gasteiger partial charge in [0.15, 0.2) is 0 Å². The molecule has 3 nitrogen and oxygen atoms in total. The SMILES string of the molecule is O=C(O)c1cc(Br)c2c(c1)[C@@H]1C=CC[C@@H]1[C@H](c1ccccc1Cl)N2. The molecule has 0 spiro atoms. The molecule has 0 fully saturated rings. The summed E-state index contributed by atoms with van der Waals surface area (Å²) in [6.45, 7) is 0. The number of carboxylic acids is 1. The van der Waals surface area contributed by atoms with Crippen molar-refractivity contribution in [2.45, 2.75) is 18.4 Å². The molecule has 2 aromatic carbocycles. The van der Waals surface area contributed by atoms with Crippen molar-refractivity contribution in [2.75, 3.05) is 5.32 Å². The lowest BCUT2D eigenvalue weighted by Gasteiger charge is -2.38. The number of nitrogens with one attached hydrogen (secondary N) is 1. The Labute approximate surface area is 153 Å². The molecule has 0 saturated carbocycles. The lowest BCUT2D eigenvalue weighted by Crippen LogP contribution is -2.29. The van der Waals surface area contributed by atoms with Gasteiger partial charge in [0.05, 0.1) is 17.3 Å². The quantitative estimate of drug-likeness (QED) is 0.638. The van der Waals surface area contributed by atoms with E-state index >= 15 is 0 Å². The van der Waals surface area contributed by atoms with Crippen LogP contribution in [0, 0.1) is 5.92 Å². The number of benzene rings is 2. The zero-order valence-electron chi connectivity index (χ0n) is 12.7. The highest BCUT2D eigenvalue weighted by atomic mass is 79.9. The largest absolute Gasteiger partial charge is 0.478 e. The van der Waals surface area contributed by atoms with Crippen molar-refractivity contribution in [3.05, 3.63) is 74.7 Å². The van der Waals surface area contributed by atoms with E-state index in [-0.39, 0.29) is 12.0 Å². The first-order valence-electron chi connectivity index (χ1n) is 7.80. The van der Waals surface area contributed by atoms with Gasteiger partial charge in [-0.1, -0.05) is 42.0 Å². The zero-order valence-corrected chi connectivity index (χ0v) is 15.0. The van der Waals surface area contributed by atoms with Crippen LogP contribution in [0.2, 0.25) is 5.02 Å². The van der Waals surface area contributed by atoms with Crippen LogP contribution in [-0.4, -0.2) is 11.1 Å². The van der Waals surface area contributed by atoms with Crippen LogP contribution in [0.5, 0.6) is 0 Å². The number of hydrogen-bond donors (Lipinski definition) is 2. The predicted octanol–water partition coefficient (Wildman–Crippen LogP) is 5.63. The van der Waals surface area contributed by atoms with Crippen LogP contribution in [-0.2, 0) is 0 Å². The first-order chi connectivity index (χ1) is 11.6. The van der Waals surface area contributed by atoms with Gasteiger partial charge in [-0.05, 0) is 57.6 Å². The van der Waals surface area contributed by atoms with E-state index in [1.54, 1.807) is 12.1 Å². The fraction of sp³-hybridized carbons (Fsp3) is 0.211. The van der Waals surface area contributed by atoms with Crippen LogP contribution in [0.3, 0.4) is 0 Å². The molecule has 0 radical (unpaired) electrons. The Morgan fingerprint density at radius 2 is 2.04 bits per heavy atom. The molecule has 2 aliphatic rings. The van der Waals surface area contributed by atoms with Gasteiger partial charge in [0, 0.05) is 15.4 Å². The Morgan fingerprint density at radius 1 is 1.25 bits per heavy atom. The Balaban J connectivity index is 1.85. The van der Waals surface area contributed by atoms with Crippen LogP contribution < -0.4 is 5.32 Å². The lowest BCUT2D eigenvalue weighted by molar-refractivity contribution is 0.0696. The van der Waals surface area contributed by atoms with Crippen molar-refractivity contribution in [3.63, 3.8) is 0 Å². The molecule has 5 heteroatoms. The summed E-state index contributed by atoms with van der Waals surface area (Å²) in [4.78, 5) is 11.4. The monoisotopic (exact) mass is 403 g/mol. The van der Waals surface area contributed by atoms with Crippen molar-refractivity contribution in [2.24, 2.45) is 5.92 Å². The maximum absolute atomic E-state index is 11.4. The van der Waals surface area contributed by atoms with Crippen molar-refractivity contribution < 1.29 is 9.90 Å². The Hall–Kier alpha value is -1.78. The van der Waals surface area contributed by atoms with E-state index in [1.165, 1.54) is 0 Å². The summed E-state index contributed by atoms with van der Waals surface area (Å²) < 4.78 is 0.771. The summed E-state index contributed by atoms with van der Waals surface area (Å²) >= 11 is 9.97. The molecule has 4 rings (SSSR count). The molecule has 0 amide bonds. The smallest absolute Gasteiger partial charge is 0.335 e. The second kappa shape index (κ2) is 5.94. The zero-order chi connectivity index (χ0) is 16.8. The van der Waals surface area contributed by atoms with Gasteiger partial charge in [-0.2, -0.15) is 0 Å². The number of carboxylic acid groups (broad SMARTS) is 1. The fourth-order valence-electron chi connectivity index (χ4n) is 3.81. The van der Waals surface area contributed by atoms with Gasteiger partial charge >= 0.3 is 5.97 Å². The molecule has 122 valence electrons. The summed E-state index contributed by atoms with van der Waals surface area (Å²) in [6.07, 6.45) is 5.31. The molecule has 1 aliphatic carbocycles. The molecule has 0 aromatic heterocycles. The highest BCUT2D eigenvalue weighted by Crippen LogP contribution is 2.52. The van der Waals surface area contributed by atoms with E-state index in [0.29, 0.717) is 11.5 Å².